The summed E-state index contributed by atoms with van der Waals surface area (Å²) in [5.74, 6) is 0. The lowest BCUT2D eigenvalue weighted by Gasteiger charge is -2.11. The van der Waals surface area contributed by atoms with Gasteiger partial charge in [0.25, 0.3) is 0 Å². The maximum absolute atomic E-state index is 5.00. The van der Waals surface area contributed by atoms with E-state index in [-0.39, 0.29) is 0 Å². The van der Waals surface area contributed by atoms with Crippen LogP contribution in [0.4, 0.5) is 11.4 Å². The Morgan fingerprint density at radius 2 is 0.920 bits per heavy atom. The Bertz CT molecular complexity index is 1220. The minimum absolute atomic E-state index is 1.01. The monoisotopic (exact) mass is 318 g/mol. The molecule has 117 valence electrons. The number of hydrogen-bond donors (Lipinski definition) is 0. The highest BCUT2D eigenvalue weighted by atomic mass is 14.9. The van der Waals surface area contributed by atoms with Crippen LogP contribution < -0.4 is 5.32 Å². The van der Waals surface area contributed by atoms with E-state index in [1.54, 1.807) is 0 Å². The first-order valence-electron chi connectivity index (χ1n) is 8.50. The summed E-state index contributed by atoms with van der Waals surface area (Å²) >= 11 is 0. The molecule has 0 unspecified atom stereocenters. The van der Waals surface area contributed by atoms with Crippen molar-refractivity contribution in [1.29, 1.82) is 0 Å². The predicted molar refractivity (Wildman–Crippen MR) is 107 cm³/mol. The first kappa shape index (κ1) is 14.1. The molecule has 0 heterocycles. The van der Waals surface area contributed by atoms with Gasteiger partial charge in [0.1, 0.15) is 0 Å². The highest BCUT2D eigenvalue weighted by Crippen LogP contribution is 2.33. The molecule has 0 aliphatic rings. The first-order chi connectivity index (χ1) is 12.4. The standard InChI is InChI=1S/C24H16N/c1-3-10-19-18(8-1)15-16-22-21(19)12-6-14-24(22)25-23-13-5-9-17-7-2-4-11-20(17)23/h1-16H. The predicted octanol–water partition coefficient (Wildman–Crippen LogP) is 6.71. The summed E-state index contributed by atoms with van der Waals surface area (Å²) in [4.78, 5) is 0. The number of benzene rings is 5. The van der Waals surface area contributed by atoms with Gasteiger partial charge >= 0.3 is 0 Å². The molecule has 0 aliphatic heterocycles. The van der Waals surface area contributed by atoms with Gasteiger partial charge in [-0.05, 0) is 33.7 Å². The molecule has 0 saturated heterocycles. The van der Waals surface area contributed by atoms with Crippen molar-refractivity contribution < 1.29 is 0 Å². The quantitative estimate of drug-likeness (QED) is 0.321. The molecule has 0 atom stereocenters. The van der Waals surface area contributed by atoms with Crippen LogP contribution in [0.3, 0.4) is 0 Å². The van der Waals surface area contributed by atoms with Crippen LogP contribution in [0.15, 0.2) is 97.1 Å². The van der Waals surface area contributed by atoms with Gasteiger partial charge in [0, 0.05) is 10.8 Å². The molecule has 5 aromatic rings. The van der Waals surface area contributed by atoms with Gasteiger partial charge in [-0.3, -0.25) is 0 Å². The molecule has 1 heteroatoms. The third-order valence-corrected chi connectivity index (χ3v) is 4.77. The molecule has 5 aromatic carbocycles. The van der Waals surface area contributed by atoms with E-state index in [0.29, 0.717) is 0 Å². The normalized spacial score (nSPS) is 11.2. The zero-order valence-electron chi connectivity index (χ0n) is 13.7. The smallest absolute Gasteiger partial charge is 0.0715 e. The Morgan fingerprint density at radius 3 is 1.76 bits per heavy atom. The molecule has 0 fully saturated rings. The van der Waals surface area contributed by atoms with E-state index in [9.17, 15) is 0 Å². The fraction of sp³-hybridized carbons (Fsp3) is 0. The van der Waals surface area contributed by atoms with Crippen LogP contribution in [0.1, 0.15) is 0 Å². The molecule has 1 radical (unpaired) electrons. The third-order valence-electron chi connectivity index (χ3n) is 4.77. The van der Waals surface area contributed by atoms with Gasteiger partial charge in [0.05, 0.1) is 11.4 Å². The summed E-state index contributed by atoms with van der Waals surface area (Å²) in [6, 6.07) is 33.9. The summed E-state index contributed by atoms with van der Waals surface area (Å²) in [5, 5.41) is 12.4. The molecule has 0 saturated carbocycles. The zero-order valence-corrected chi connectivity index (χ0v) is 13.7. The number of hydrogen-bond acceptors (Lipinski definition) is 0. The molecule has 0 aromatic heterocycles. The second-order valence-electron chi connectivity index (χ2n) is 6.27. The lowest BCUT2D eigenvalue weighted by molar-refractivity contribution is 1.22. The molecule has 1 nitrogen and oxygen atoms in total. The van der Waals surface area contributed by atoms with Gasteiger partial charge in [-0.2, -0.15) is 0 Å². The largest absolute Gasteiger partial charge is 0.248 e. The Balaban J connectivity index is 1.72. The topological polar surface area (TPSA) is 14.1 Å². The van der Waals surface area contributed by atoms with Crippen molar-refractivity contribution in [2.24, 2.45) is 0 Å². The van der Waals surface area contributed by atoms with Crippen molar-refractivity contribution in [1.82, 2.24) is 5.32 Å². The highest BCUT2D eigenvalue weighted by Gasteiger charge is 2.08. The third kappa shape index (κ3) is 2.33. The van der Waals surface area contributed by atoms with Gasteiger partial charge in [-0.25, -0.2) is 5.32 Å². The van der Waals surface area contributed by atoms with Crippen LogP contribution in [0.25, 0.3) is 32.3 Å². The van der Waals surface area contributed by atoms with Gasteiger partial charge in [-0.15, -0.1) is 0 Å². The maximum atomic E-state index is 5.00. The average molecular weight is 318 g/mol. The minimum atomic E-state index is 1.01. The van der Waals surface area contributed by atoms with Gasteiger partial charge in [-0.1, -0.05) is 84.9 Å². The maximum Gasteiger partial charge on any atom is 0.0715 e. The molecule has 0 spiro atoms. The molecular formula is C24H16N. The second kappa shape index (κ2) is 5.64. The van der Waals surface area contributed by atoms with E-state index < -0.39 is 0 Å². The SMILES string of the molecule is c1ccc2c([N]c3cccc4c3ccc3ccccc34)cccc2c1. The molecule has 25 heavy (non-hydrogen) atoms. The van der Waals surface area contributed by atoms with E-state index in [0.717, 1.165) is 11.4 Å². The van der Waals surface area contributed by atoms with E-state index in [4.69, 9.17) is 5.32 Å². The van der Waals surface area contributed by atoms with Crippen molar-refractivity contribution >= 4 is 43.7 Å². The highest BCUT2D eigenvalue weighted by molar-refractivity contribution is 6.11. The Kier molecular flexibility index (Phi) is 3.17. The van der Waals surface area contributed by atoms with Crippen molar-refractivity contribution in [3.05, 3.63) is 97.1 Å². The Hall–Kier alpha value is -3.32. The Labute approximate surface area is 146 Å². The van der Waals surface area contributed by atoms with Crippen LogP contribution in [-0.4, -0.2) is 0 Å². The lowest BCUT2D eigenvalue weighted by Crippen LogP contribution is -1.91. The van der Waals surface area contributed by atoms with Gasteiger partial charge < -0.3 is 0 Å². The summed E-state index contributed by atoms with van der Waals surface area (Å²) in [7, 11) is 0. The molecule has 0 amide bonds. The van der Waals surface area contributed by atoms with Crippen LogP contribution in [0.5, 0.6) is 0 Å². The minimum Gasteiger partial charge on any atom is -0.248 e. The fourth-order valence-electron chi connectivity index (χ4n) is 3.56. The van der Waals surface area contributed by atoms with Crippen molar-refractivity contribution in [2.75, 3.05) is 0 Å². The van der Waals surface area contributed by atoms with Crippen molar-refractivity contribution in [3.8, 4) is 0 Å². The number of rotatable bonds is 2. The van der Waals surface area contributed by atoms with Crippen LogP contribution in [0.2, 0.25) is 0 Å². The van der Waals surface area contributed by atoms with Crippen LogP contribution >= 0.6 is 0 Å². The molecule has 5 rings (SSSR count). The van der Waals surface area contributed by atoms with Crippen molar-refractivity contribution in [3.63, 3.8) is 0 Å². The second-order valence-corrected chi connectivity index (χ2v) is 6.27. The van der Waals surface area contributed by atoms with E-state index in [1.807, 2.05) is 0 Å². The fourth-order valence-corrected chi connectivity index (χ4v) is 3.56. The summed E-state index contributed by atoms with van der Waals surface area (Å²) in [5.41, 5.74) is 2.03. The van der Waals surface area contributed by atoms with E-state index in [2.05, 4.69) is 97.1 Å². The summed E-state index contributed by atoms with van der Waals surface area (Å²) < 4.78 is 0. The van der Waals surface area contributed by atoms with E-state index >= 15 is 0 Å². The summed E-state index contributed by atoms with van der Waals surface area (Å²) in [6.45, 7) is 0. The first-order valence-corrected chi connectivity index (χ1v) is 8.50. The summed E-state index contributed by atoms with van der Waals surface area (Å²) in [6.07, 6.45) is 0. The molecule has 0 aliphatic carbocycles. The zero-order chi connectivity index (χ0) is 16.6. The van der Waals surface area contributed by atoms with Crippen LogP contribution in [0, 0.1) is 0 Å². The number of fused-ring (bicyclic) bond motifs is 4. The molecular weight excluding hydrogens is 302 g/mol. The Morgan fingerprint density at radius 1 is 0.360 bits per heavy atom. The molecule has 0 N–H and O–H groups in total. The average Bonchev–Trinajstić information content (AvgIpc) is 2.68. The molecule has 0 bridgehead atoms. The number of nitrogens with zero attached hydrogens (tertiary/aromatic N) is 1. The van der Waals surface area contributed by atoms with Gasteiger partial charge in [0.2, 0.25) is 0 Å². The lowest BCUT2D eigenvalue weighted by atomic mass is 10.0. The van der Waals surface area contributed by atoms with Crippen molar-refractivity contribution in [2.45, 2.75) is 0 Å². The van der Waals surface area contributed by atoms with Gasteiger partial charge in [0.15, 0.2) is 0 Å². The van der Waals surface area contributed by atoms with E-state index in [1.165, 1.54) is 32.3 Å². The van der Waals surface area contributed by atoms with Crippen LogP contribution in [-0.2, 0) is 0 Å².